The summed E-state index contributed by atoms with van der Waals surface area (Å²) in [6, 6.07) is 19.9. The number of aryl methyl sites for hydroxylation is 1. The average Bonchev–Trinajstić information content (AvgIpc) is 2.83. The predicted octanol–water partition coefficient (Wildman–Crippen LogP) is 4.94. The predicted molar refractivity (Wildman–Crippen MR) is 131 cm³/mol. The summed E-state index contributed by atoms with van der Waals surface area (Å²) >= 11 is 6.07. The normalized spacial score (nSPS) is 11.5. The van der Waals surface area contributed by atoms with Gasteiger partial charge in [-0.2, -0.15) is 0 Å². The number of likely N-dealkylation sites (N-methyl/N-ethyl adjacent to an activating group) is 1. The number of nitrogens with zero attached hydrogens (tertiary/aromatic N) is 1. The third kappa shape index (κ3) is 6.81. The number of carbonyl (C=O) groups excluding carboxylic acids is 2. The first kappa shape index (κ1) is 25.2. The van der Waals surface area contributed by atoms with E-state index in [9.17, 15) is 14.0 Å². The summed E-state index contributed by atoms with van der Waals surface area (Å²) in [5, 5.41) is 3.40. The van der Waals surface area contributed by atoms with Gasteiger partial charge >= 0.3 is 0 Å². The fraction of sp³-hybridized carbons (Fsp3) is 0.259. The summed E-state index contributed by atoms with van der Waals surface area (Å²) in [4.78, 5) is 27.9. The van der Waals surface area contributed by atoms with Gasteiger partial charge in [0.25, 0.3) is 5.91 Å². The van der Waals surface area contributed by atoms with Crippen LogP contribution in [0.4, 0.5) is 4.39 Å². The molecule has 0 aliphatic carbocycles. The molecule has 0 saturated carbocycles. The van der Waals surface area contributed by atoms with E-state index >= 15 is 0 Å². The molecule has 178 valence electrons. The lowest BCUT2D eigenvalue weighted by Gasteiger charge is -2.31. The van der Waals surface area contributed by atoms with E-state index in [1.54, 1.807) is 36.4 Å². The smallest absolute Gasteiger partial charge is 0.261 e. The van der Waals surface area contributed by atoms with Crippen molar-refractivity contribution in [2.75, 3.05) is 13.2 Å². The van der Waals surface area contributed by atoms with Gasteiger partial charge in [-0.25, -0.2) is 4.39 Å². The quantitative estimate of drug-likeness (QED) is 0.445. The highest BCUT2D eigenvalue weighted by molar-refractivity contribution is 6.31. The Morgan fingerprint density at radius 3 is 2.44 bits per heavy atom. The summed E-state index contributed by atoms with van der Waals surface area (Å²) < 4.78 is 20.2. The molecule has 0 saturated heterocycles. The van der Waals surface area contributed by atoms with Crippen LogP contribution in [0.5, 0.6) is 5.75 Å². The van der Waals surface area contributed by atoms with E-state index in [4.69, 9.17) is 16.3 Å². The number of amides is 2. The van der Waals surface area contributed by atoms with Gasteiger partial charge in [-0.3, -0.25) is 9.59 Å². The van der Waals surface area contributed by atoms with Crippen molar-refractivity contribution in [2.24, 2.45) is 0 Å². The van der Waals surface area contributed by atoms with Crippen LogP contribution in [0.1, 0.15) is 23.6 Å². The Morgan fingerprint density at radius 1 is 1.06 bits per heavy atom. The molecule has 0 radical (unpaired) electrons. The Labute approximate surface area is 204 Å². The van der Waals surface area contributed by atoms with Crippen molar-refractivity contribution in [3.8, 4) is 5.75 Å². The number of nitrogens with one attached hydrogen (secondary N) is 1. The molecule has 0 heterocycles. The van der Waals surface area contributed by atoms with Gasteiger partial charge in [-0.1, -0.05) is 60.1 Å². The minimum absolute atomic E-state index is 0.0663. The molecule has 0 bridgehead atoms. The Bertz CT molecular complexity index is 1120. The Morgan fingerprint density at radius 2 is 1.76 bits per heavy atom. The SMILES string of the molecule is CCNC(=O)C(Cc1ccccc1)N(Cc1ccccc1F)C(=O)COc1ccc(Cl)c(C)c1. The topological polar surface area (TPSA) is 58.6 Å². The fourth-order valence-electron chi connectivity index (χ4n) is 3.59. The first-order valence-corrected chi connectivity index (χ1v) is 11.5. The summed E-state index contributed by atoms with van der Waals surface area (Å²) in [5.74, 6) is -0.691. The second kappa shape index (κ2) is 12.2. The second-order valence-electron chi connectivity index (χ2n) is 7.91. The van der Waals surface area contributed by atoms with Crippen molar-refractivity contribution < 1.29 is 18.7 Å². The highest BCUT2D eigenvalue weighted by Gasteiger charge is 2.31. The van der Waals surface area contributed by atoms with Gasteiger partial charge in [0.15, 0.2) is 6.61 Å². The number of ether oxygens (including phenoxy) is 1. The van der Waals surface area contributed by atoms with Crippen molar-refractivity contribution >= 4 is 23.4 Å². The fourth-order valence-corrected chi connectivity index (χ4v) is 3.71. The zero-order valence-electron chi connectivity index (χ0n) is 19.3. The van der Waals surface area contributed by atoms with E-state index in [0.29, 0.717) is 22.9 Å². The van der Waals surface area contributed by atoms with E-state index in [1.807, 2.05) is 44.2 Å². The van der Waals surface area contributed by atoms with E-state index in [0.717, 1.165) is 11.1 Å². The van der Waals surface area contributed by atoms with E-state index in [1.165, 1.54) is 11.0 Å². The van der Waals surface area contributed by atoms with Gasteiger partial charge in [-0.15, -0.1) is 0 Å². The van der Waals surface area contributed by atoms with Crippen molar-refractivity contribution in [3.05, 3.63) is 100 Å². The maximum absolute atomic E-state index is 14.5. The molecule has 3 aromatic rings. The van der Waals surface area contributed by atoms with Gasteiger partial charge in [0.05, 0.1) is 0 Å². The molecule has 7 heteroatoms. The van der Waals surface area contributed by atoms with Crippen LogP contribution < -0.4 is 10.1 Å². The van der Waals surface area contributed by atoms with Crippen LogP contribution in [0.3, 0.4) is 0 Å². The van der Waals surface area contributed by atoms with Crippen molar-refractivity contribution in [1.29, 1.82) is 0 Å². The van der Waals surface area contributed by atoms with E-state index < -0.39 is 17.8 Å². The van der Waals surface area contributed by atoms with Crippen LogP contribution >= 0.6 is 11.6 Å². The molecule has 1 N–H and O–H groups in total. The molecule has 3 aromatic carbocycles. The molecular formula is C27H28ClFN2O3. The number of hydrogen-bond donors (Lipinski definition) is 1. The monoisotopic (exact) mass is 482 g/mol. The Hall–Kier alpha value is -3.38. The zero-order valence-corrected chi connectivity index (χ0v) is 20.0. The second-order valence-corrected chi connectivity index (χ2v) is 8.32. The molecule has 34 heavy (non-hydrogen) atoms. The minimum Gasteiger partial charge on any atom is -0.484 e. The first-order valence-electron chi connectivity index (χ1n) is 11.1. The summed E-state index contributed by atoms with van der Waals surface area (Å²) in [6.07, 6.45) is 0.285. The Balaban J connectivity index is 1.90. The lowest BCUT2D eigenvalue weighted by Crippen LogP contribution is -2.51. The maximum atomic E-state index is 14.5. The van der Waals surface area contributed by atoms with Crippen LogP contribution in [0.2, 0.25) is 5.02 Å². The lowest BCUT2D eigenvalue weighted by molar-refractivity contribution is -0.142. The van der Waals surface area contributed by atoms with Crippen LogP contribution in [0, 0.1) is 12.7 Å². The third-order valence-corrected chi connectivity index (χ3v) is 5.84. The van der Waals surface area contributed by atoms with Gasteiger partial charge in [-0.05, 0) is 49.2 Å². The molecule has 1 atom stereocenters. The van der Waals surface area contributed by atoms with Crippen molar-refractivity contribution in [3.63, 3.8) is 0 Å². The maximum Gasteiger partial charge on any atom is 0.261 e. The van der Waals surface area contributed by atoms with Crippen molar-refractivity contribution in [1.82, 2.24) is 10.2 Å². The largest absolute Gasteiger partial charge is 0.484 e. The summed E-state index contributed by atoms with van der Waals surface area (Å²) in [6.45, 7) is 3.69. The highest BCUT2D eigenvalue weighted by Crippen LogP contribution is 2.22. The molecule has 3 rings (SSSR count). The van der Waals surface area contributed by atoms with Crippen molar-refractivity contribution in [2.45, 2.75) is 32.9 Å². The number of benzene rings is 3. The van der Waals surface area contributed by atoms with Crippen LogP contribution in [-0.2, 0) is 22.6 Å². The molecule has 1 unspecified atom stereocenters. The molecule has 0 aliphatic rings. The molecule has 0 spiro atoms. The van der Waals surface area contributed by atoms with Crippen LogP contribution in [0.25, 0.3) is 0 Å². The zero-order chi connectivity index (χ0) is 24.5. The molecule has 2 amide bonds. The number of hydrogen-bond acceptors (Lipinski definition) is 3. The average molecular weight is 483 g/mol. The standard InChI is InChI=1S/C27H28ClFN2O3/c1-3-30-27(33)25(16-20-9-5-4-6-10-20)31(17-21-11-7-8-12-24(21)29)26(32)18-34-22-13-14-23(28)19(2)15-22/h4-15,25H,3,16-18H2,1-2H3,(H,30,33). The number of carbonyl (C=O) groups is 2. The third-order valence-electron chi connectivity index (χ3n) is 5.41. The van der Waals surface area contributed by atoms with Gasteiger partial charge in [0, 0.05) is 30.1 Å². The molecule has 0 fully saturated rings. The van der Waals surface area contributed by atoms with Crippen LogP contribution in [0.15, 0.2) is 72.8 Å². The highest BCUT2D eigenvalue weighted by atomic mass is 35.5. The number of rotatable bonds is 10. The molecule has 0 aromatic heterocycles. The minimum atomic E-state index is -0.843. The molecule has 5 nitrogen and oxygen atoms in total. The summed E-state index contributed by atoms with van der Waals surface area (Å²) in [5.41, 5.74) is 2.03. The van der Waals surface area contributed by atoms with Gasteiger partial charge < -0.3 is 15.0 Å². The Kier molecular flexibility index (Phi) is 9.05. The van der Waals surface area contributed by atoms with E-state index in [-0.39, 0.29) is 25.5 Å². The summed E-state index contributed by atoms with van der Waals surface area (Å²) in [7, 11) is 0. The van der Waals surface area contributed by atoms with Crippen LogP contribution in [-0.4, -0.2) is 35.9 Å². The molecule has 0 aliphatic heterocycles. The first-order chi connectivity index (χ1) is 16.4. The lowest BCUT2D eigenvalue weighted by atomic mass is 10.0. The van der Waals surface area contributed by atoms with Gasteiger partial charge in [0.1, 0.15) is 17.6 Å². The van der Waals surface area contributed by atoms with E-state index in [2.05, 4.69) is 5.32 Å². The number of halogens is 2. The molecular weight excluding hydrogens is 455 g/mol. The van der Waals surface area contributed by atoms with Gasteiger partial charge in [0.2, 0.25) is 5.91 Å².